The van der Waals surface area contributed by atoms with E-state index in [4.69, 9.17) is 15.4 Å². The fourth-order valence-corrected chi connectivity index (χ4v) is 1.45. The topological polar surface area (TPSA) is 80.0 Å². The first-order valence-corrected chi connectivity index (χ1v) is 4.60. The highest BCUT2D eigenvalue weighted by atomic mass is 16.3. The third kappa shape index (κ3) is 1.66. The zero-order valence-corrected chi connectivity index (χ0v) is 8.31. The molecule has 0 aliphatic rings. The molecule has 0 saturated heterocycles. The first kappa shape index (κ1) is 9.99. The van der Waals surface area contributed by atoms with Gasteiger partial charge in [0, 0.05) is 5.56 Å². The fraction of sp³-hybridized carbons (Fsp3) is 0. The van der Waals surface area contributed by atoms with Gasteiger partial charge in [-0.25, -0.2) is 0 Å². The molecule has 0 spiro atoms. The summed E-state index contributed by atoms with van der Waals surface area (Å²) in [6, 6.07) is 10.5. The molecule has 2 N–H and O–H groups in total. The van der Waals surface area contributed by atoms with Crippen LogP contribution in [-0.4, -0.2) is 5.91 Å². The monoisotopic (exact) mass is 212 g/mol. The molecule has 16 heavy (non-hydrogen) atoms. The molecule has 0 aliphatic carbocycles. The van der Waals surface area contributed by atoms with Crippen LogP contribution in [0, 0.1) is 11.3 Å². The van der Waals surface area contributed by atoms with Gasteiger partial charge in [0.15, 0.2) is 5.76 Å². The molecule has 2 rings (SSSR count). The van der Waals surface area contributed by atoms with E-state index >= 15 is 0 Å². The van der Waals surface area contributed by atoms with Crippen molar-refractivity contribution in [3.63, 3.8) is 0 Å². The maximum absolute atomic E-state index is 11.1. The van der Waals surface area contributed by atoms with E-state index < -0.39 is 5.91 Å². The summed E-state index contributed by atoms with van der Waals surface area (Å²) in [5.74, 6) is -0.478. The molecule has 1 amide bonds. The summed E-state index contributed by atoms with van der Waals surface area (Å²) < 4.78 is 5.00. The number of amides is 1. The van der Waals surface area contributed by atoms with Crippen molar-refractivity contribution >= 4 is 5.91 Å². The molecule has 1 heterocycles. The summed E-state index contributed by atoms with van der Waals surface area (Å²) in [5.41, 5.74) is 7.16. The minimum atomic E-state index is -0.607. The van der Waals surface area contributed by atoms with Crippen LogP contribution in [0.2, 0.25) is 0 Å². The van der Waals surface area contributed by atoms with Crippen molar-refractivity contribution < 1.29 is 9.21 Å². The fourth-order valence-electron chi connectivity index (χ4n) is 1.45. The number of nitriles is 1. The zero-order chi connectivity index (χ0) is 11.5. The number of carbonyl (C=O) groups is 1. The average Bonchev–Trinajstić information content (AvgIpc) is 2.78. The summed E-state index contributed by atoms with van der Waals surface area (Å²) in [6.07, 6.45) is 1.41. The Morgan fingerprint density at radius 1 is 1.25 bits per heavy atom. The van der Waals surface area contributed by atoms with Gasteiger partial charge in [-0.15, -0.1) is 0 Å². The largest absolute Gasteiger partial charge is 0.459 e. The second-order valence-corrected chi connectivity index (χ2v) is 3.22. The van der Waals surface area contributed by atoms with Crippen molar-refractivity contribution in [2.24, 2.45) is 5.73 Å². The summed E-state index contributed by atoms with van der Waals surface area (Å²) >= 11 is 0. The van der Waals surface area contributed by atoms with Crippen molar-refractivity contribution in [2.45, 2.75) is 0 Å². The van der Waals surface area contributed by atoms with E-state index in [-0.39, 0.29) is 5.76 Å². The molecule has 0 aliphatic heterocycles. The van der Waals surface area contributed by atoms with Crippen LogP contribution < -0.4 is 5.73 Å². The molecule has 0 saturated carbocycles. The first-order valence-electron chi connectivity index (χ1n) is 4.60. The minimum Gasteiger partial charge on any atom is -0.459 e. The maximum Gasteiger partial charge on any atom is 0.285 e. The summed E-state index contributed by atoms with van der Waals surface area (Å²) in [6.45, 7) is 0. The molecule has 0 radical (unpaired) electrons. The lowest BCUT2D eigenvalue weighted by Crippen LogP contribution is -2.10. The van der Waals surface area contributed by atoms with Gasteiger partial charge in [0.1, 0.15) is 0 Å². The van der Waals surface area contributed by atoms with Gasteiger partial charge in [-0.1, -0.05) is 12.1 Å². The number of nitrogens with zero attached hydrogens (tertiary/aromatic N) is 1. The van der Waals surface area contributed by atoms with Crippen molar-refractivity contribution in [3.8, 4) is 17.2 Å². The number of hydrogen-bond donors (Lipinski definition) is 1. The van der Waals surface area contributed by atoms with E-state index in [0.29, 0.717) is 11.1 Å². The van der Waals surface area contributed by atoms with Crippen LogP contribution in [0.3, 0.4) is 0 Å². The first-order chi connectivity index (χ1) is 7.72. The van der Waals surface area contributed by atoms with Crippen LogP contribution in [0.1, 0.15) is 16.1 Å². The van der Waals surface area contributed by atoms with Crippen molar-refractivity contribution in [2.75, 3.05) is 0 Å². The van der Waals surface area contributed by atoms with Crippen LogP contribution >= 0.6 is 0 Å². The number of rotatable bonds is 2. The molecule has 0 unspecified atom stereocenters. The van der Waals surface area contributed by atoms with Gasteiger partial charge in [-0.05, 0) is 23.8 Å². The van der Waals surface area contributed by atoms with Crippen molar-refractivity contribution in [1.29, 1.82) is 5.26 Å². The number of hydrogen-bond acceptors (Lipinski definition) is 3. The Hall–Kier alpha value is -2.54. The highest BCUT2D eigenvalue weighted by Gasteiger charge is 2.13. The summed E-state index contributed by atoms with van der Waals surface area (Å²) in [4.78, 5) is 11.1. The molecule has 0 bridgehead atoms. The van der Waals surface area contributed by atoms with Crippen LogP contribution in [-0.2, 0) is 0 Å². The third-order valence-electron chi connectivity index (χ3n) is 2.21. The highest BCUT2D eigenvalue weighted by Crippen LogP contribution is 2.24. The Balaban J connectivity index is 2.47. The van der Waals surface area contributed by atoms with E-state index in [1.54, 1.807) is 30.3 Å². The molecule has 0 atom stereocenters. The highest BCUT2D eigenvalue weighted by molar-refractivity contribution is 5.97. The Morgan fingerprint density at radius 2 is 1.94 bits per heavy atom. The second kappa shape index (κ2) is 3.91. The Morgan fingerprint density at radius 3 is 2.50 bits per heavy atom. The van der Waals surface area contributed by atoms with Gasteiger partial charge in [-0.3, -0.25) is 4.79 Å². The Kier molecular flexibility index (Phi) is 2.44. The normalized spacial score (nSPS) is 9.69. The minimum absolute atomic E-state index is 0.129. The standard InChI is InChI=1S/C12H8N2O2/c13-7-8-1-3-9(4-2-8)10-5-6-16-11(10)12(14)15/h1-6H,(H2,14,15). The molecule has 4 heteroatoms. The van der Waals surface area contributed by atoms with Crippen molar-refractivity contribution in [3.05, 3.63) is 47.9 Å². The van der Waals surface area contributed by atoms with Crippen LogP contribution in [0.4, 0.5) is 0 Å². The molecule has 1 aromatic heterocycles. The molecule has 78 valence electrons. The molecular formula is C12H8N2O2. The predicted octanol–water partition coefficient (Wildman–Crippen LogP) is 1.92. The lowest BCUT2D eigenvalue weighted by atomic mass is 10.0. The molecule has 4 nitrogen and oxygen atoms in total. The zero-order valence-electron chi connectivity index (χ0n) is 8.31. The van der Waals surface area contributed by atoms with Crippen LogP contribution in [0.25, 0.3) is 11.1 Å². The molecule has 1 aromatic carbocycles. The van der Waals surface area contributed by atoms with Crippen LogP contribution in [0.5, 0.6) is 0 Å². The quantitative estimate of drug-likeness (QED) is 0.825. The van der Waals surface area contributed by atoms with E-state index in [9.17, 15) is 4.79 Å². The SMILES string of the molecule is N#Cc1ccc(-c2ccoc2C(N)=O)cc1. The average molecular weight is 212 g/mol. The van der Waals surface area contributed by atoms with Gasteiger partial charge < -0.3 is 10.2 Å². The number of carbonyl (C=O) groups excluding carboxylic acids is 1. The van der Waals surface area contributed by atoms with Gasteiger partial charge in [0.2, 0.25) is 0 Å². The van der Waals surface area contributed by atoms with E-state index in [1.807, 2.05) is 6.07 Å². The molecule has 0 fully saturated rings. The summed E-state index contributed by atoms with van der Waals surface area (Å²) in [5, 5.41) is 8.66. The third-order valence-corrected chi connectivity index (χ3v) is 2.21. The predicted molar refractivity (Wildman–Crippen MR) is 57.4 cm³/mol. The lowest BCUT2D eigenvalue weighted by molar-refractivity contribution is 0.0975. The number of nitrogens with two attached hydrogens (primary N) is 1. The van der Waals surface area contributed by atoms with Gasteiger partial charge >= 0.3 is 0 Å². The van der Waals surface area contributed by atoms with Crippen molar-refractivity contribution in [1.82, 2.24) is 0 Å². The smallest absolute Gasteiger partial charge is 0.285 e. The van der Waals surface area contributed by atoms with Gasteiger partial charge in [-0.2, -0.15) is 5.26 Å². The van der Waals surface area contributed by atoms with E-state index in [1.165, 1.54) is 6.26 Å². The van der Waals surface area contributed by atoms with E-state index in [2.05, 4.69) is 0 Å². The lowest BCUT2D eigenvalue weighted by Gasteiger charge is -1.99. The van der Waals surface area contributed by atoms with Gasteiger partial charge in [0.05, 0.1) is 17.9 Å². The van der Waals surface area contributed by atoms with Gasteiger partial charge in [0.25, 0.3) is 5.91 Å². The Labute approximate surface area is 91.9 Å². The number of furan rings is 1. The Bertz CT molecular complexity index is 561. The molecule has 2 aromatic rings. The summed E-state index contributed by atoms with van der Waals surface area (Å²) in [7, 11) is 0. The maximum atomic E-state index is 11.1. The molecular weight excluding hydrogens is 204 g/mol. The number of primary amides is 1. The van der Waals surface area contributed by atoms with E-state index in [0.717, 1.165) is 5.56 Å². The van der Waals surface area contributed by atoms with Crippen LogP contribution in [0.15, 0.2) is 41.0 Å². The second-order valence-electron chi connectivity index (χ2n) is 3.22. The number of benzene rings is 1.